The number of non-ortho nitro benzene ring substituents is 3. The molecule has 2 amide bonds. The third-order valence-corrected chi connectivity index (χ3v) is 21.6. The Morgan fingerprint density at radius 2 is 0.991 bits per heavy atom. The number of hydrogen-bond acceptors (Lipinski definition) is 29. The number of sulfone groups is 4. The maximum atomic E-state index is 13.3. The van der Waals surface area contributed by atoms with Crippen LogP contribution in [-0.2, 0) is 66.4 Å². The van der Waals surface area contributed by atoms with Gasteiger partial charge in [-0.25, -0.2) is 52.0 Å². The number of aliphatic imine (C=N–C) groups is 1. The number of nitrogens with zero attached hydrogens (tertiary/aromatic N) is 5. The number of halogens is 4. The molecule has 0 unspecified atom stereocenters. The molecule has 0 aromatic heterocycles. The monoisotopic (exact) mass is 1890 g/mol. The third-order valence-electron chi connectivity index (χ3n) is 14.8. The average molecular weight is 1900 g/mol. The summed E-state index contributed by atoms with van der Waals surface area (Å²) in [6.45, 7) is 0. The zero-order valence-corrected chi connectivity index (χ0v) is 74.0. The number of benzene rings is 8. The molecule has 10 rings (SSSR count). The first-order valence-electron chi connectivity index (χ1n) is 31.7. The zero-order chi connectivity index (χ0) is 86.2. The SMILES string of the molecule is COc1cc(N)ccc1S(C)(=O)=O.COc1cc(N=C=O)ccc1S(C)(=O)=O.COc1cc(NC(=O)N2C=CC(=O)C[C@H]2c2ccc(F)cc2)c(Br)cc1S(C)(=O)=O.COc1cc([N+](=O)[O-])ccc1I.COc1cc([N+](=O)[O-])ccc1S(C)(=O)=O.COc1cc([N+](=O)[O-])ccc1SC.C[S-].O=C1C=CN[C@H](c2ccc(F)cc2)C1.[Na+]. The van der Waals surface area contributed by atoms with E-state index in [-0.39, 0.29) is 125 Å². The van der Waals surface area contributed by atoms with E-state index in [1.807, 2.05) is 6.26 Å². The number of carbonyl (C=O) groups is 3. The largest absolute Gasteiger partial charge is 1.00 e. The molecule has 43 heteroatoms. The normalized spacial score (nSPS) is 13.0. The summed E-state index contributed by atoms with van der Waals surface area (Å²) in [6, 6.07) is 34.3. The van der Waals surface area contributed by atoms with Gasteiger partial charge < -0.3 is 57.4 Å². The first kappa shape index (κ1) is 101. The molecule has 0 saturated carbocycles. The van der Waals surface area contributed by atoms with E-state index in [1.165, 1.54) is 193 Å². The van der Waals surface area contributed by atoms with Crippen molar-refractivity contribution < 1.29 is 134 Å². The quantitative estimate of drug-likeness (QED) is 0.00827. The summed E-state index contributed by atoms with van der Waals surface area (Å²) in [6.07, 6.45) is 15.4. The van der Waals surface area contributed by atoms with Crippen LogP contribution >= 0.6 is 50.3 Å². The van der Waals surface area contributed by atoms with Crippen LogP contribution in [0.3, 0.4) is 0 Å². The minimum atomic E-state index is -3.55. The Bertz CT molecular complexity index is 5290. The second-order valence-corrected chi connectivity index (χ2v) is 33.5. The van der Waals surface area contributed by atoms with Gasteiger partial charge in [0.25, 0.3) is 17.1 Å². The first-order valence-corrected chi connectivity index (χ1v) is 43.2. The minimum Gasteiger partial charge on any atom is -0.796 e. The number of amides is 2. The number of nitrogens with one attached hydrogen (secondary N) is 2. The van der Waals surface area contributed by atoms with Crippen molar-refractivity contribution in [1.82, 2.24) is 10.2 Å². The molecule has 0 bridgehead atoms. The smallest absolute Gasteiger partial charge is 0.796 e. The molecule has 8 aromatic rings. The average Bonchev–Trinajstić information content (AvgIpc) is 0.781. The number of isocyanates is 1. The third kappa shape index (κ3) is 32.5. The van der Waals surface area contributed by atoms with Crippen molar-refractivity contribution in [1.29, 1.82) is 0 Å². The minimum absolute atomic E-state index is 0. The summed E-state index contributed by atoms with van der Waals surface area (Å²) in [5.41, 5.74) is 7.96. The summed E-state index contributed by atoms with van der Waals surface area (Å²) in [5.74, 6) is 0.831. The van der Waals surface area contributed by atoms with E-state index in [1.54, 1.807) is 36.7 Å². The number of nitrogens with two attached hydrogens (primary N) is 1. The maximum Gasteiger partial charge on any atom is 1.00 e. The van der Waals surface area contributed by atoms with Crippen LogP contribution < -0.4 is 74.3 Å². The number of carbonyl (C=O) groups excluding carboxylic acids is 4. The van der Waals surface area contributed by atoms with Gasteiger partial charge in [-0.3, -0.25) is 44.8 Å². The van der Waals surface area contributed by atoms with Gasteiger partial charge in [-0.15, -0.1) is 11.8 Å². The summed E-state index contributed by atoms with van der Waals surface area (Å²) in [5, 5.41) is 36.9. The molecule has 2 atom stereocenters. The van der Waals surface area contributed by atoms with Crippen molar-refractivity contribution in [2.24, 2.45) is 4.99 Å². The number of thioether (sulfide) groups is 1. The van der Waals surface area contributed by atoms with E-state index in [4.69, 9.17) is 34.2 Å². The van der Waals surface area contributed by atoms with Gasteiger partial charge in [-0.1, -0.05) is 24.3 Å². The second-order valence-electron chi connectivity index (χ2n) is 22.7. The number of anilines is 2. The molecule has 2 aliphatic rings. The van der Waals surface area contributed by atoms with Crippen LogP contribution in [0, 0.1) is 45.5 Å². The van der Waals surface area contributed by atoms with E-state index in [0.717, 1.165) is 57.3 Å². The molecule has 115 heavy (non-hydrogen) atoms. The topological polar surface area (TPSA) is 455 Å². The molecule has 612 valence electrons. The number of ketones is 2. The van der Waals surface area contributed by atoms with E-state index in [2.05, 4.69) is 66.8 Å². The van der Waals surface area contributed by atoms with E-state index in [9.17, 15) is 92.0 Å². The molecule has 0 radical (unpaired) electrons. The van der Waals surface area contributed by atoms with Gasteiger partial charge in [-0.2, -0.15) is 11.2 Å². The number of nitrogen functional groups attached to an aromatic ring is 1. The fourth-order valence-electron chi connectivity index (χ4n) is 9.40. The number of hydrogen-bond donors (Lipinski definition) is 3. The summed E-state index contributed by atoms with van der Waals surface area (Å²) in [4.78, 5) is 81.4. The van der Waals surface area contributed by atoms with Gasteiger partial charge in [0.2, 0.25) is 6.08 Å². The van der Waals surface area contributed by atoms with Gasteiger partial charge in [0.15, 0.2) is 50.9 Å². The molecule has 0 spiro atoms. The van der Waals surface area contributed by atoms with Gasteiger partial charge >= 0.3 is 35.6 Å². The Balaban J connectivity index is 0.000000466. The van der Waals surface area contributed by atoms with Crippen molar-refractivity contribution in [3.8, 4) is 34.5 Å². The van der Waals surface area contributed by atoms with E-state index < -0.39 is 72.0 Å². The fraction of sp³-hybridized carbons (Fsp3) is 0.222. The molecule has 32 nitrogen and oxygen atoms in total. The standard InChI is InChI=1S/C20H18BrFN2O5S.C11H10FNO.C9H9NO4S.C8H9NO5S.C8H11NO3S.C8H9NO3S.C7H6INO3.CH4S.Na/c1-29-18-11-16(15(21)10-19(18)30(2,27)28)23-20(26)24-8-7-14(25)9-17(24)12-3-5-13(22)6-4-12;12-9-3-1-8(2-4-9)11-7-10(14)5-6-13-11;1-14-8-5-7(10-6-11)3-4-9(8)15(2,12)13;1-14-7-5-6(9(10)11)3-4-8(7)15(2,12)13;1-12-7-5-6(9)3-4-8(7)13(2,10)11;1-12-7-5-6(9(10)11)3-4-8(7)13-2;1-12-7-4-5(9(10)11)2-3-6(7)8;1-2;/h3-8,10-11,17H,9H2,1-2H3,(H,23,26);1-6,11,13H,7H2;2*3-5H,1-2H3;3-5H,9H2,1-2H3;3-5H,1-2H3;2-4H,1H3;2H,1H3;/q;;;;;;;;+1/p-1/t17-;11-;;;;;;;/m00......./s1. The number of methoxy groups -OCH3 is 6. The number of nitro groups is 3. The molecular weight excluding hydrogens is 1820 g/mol. The number of ether oxygens (including phenoxy) is 6. The summed E-state index contributed by atoms with van der Waals surface area (Å²) >= 11 is 10.9. The van der Waals surface area contributed by atoms with Crippen LogP contribution in [0.25, 0.3) is 0 Å². The van der Waals surface area contributed by atoms with Crippen LogP contribution in [0.4, 0.5) is 47.7 Å². The van der Waals surface area contributed by atoms with Crippen LogP contribution in [0.5, 0.6) is 34.5 Å². The predicted molar refractivity (Wildman–Crippen MR) is 438 cm³/mol. The van der Waals surface area contributed by atoms with Crippen molar-refractivity contribution >= 4 is 160 Å². The molecule has 0 saturated heterocycles. The Kier molecular flexibility index (Phi) is 42.4. The van der Waals surface area contributed by atoms with Crippen molar-refractivity contribution in [2.75, 3.05) is 91.2 Å². The number of rotatable bonds is 18. The van der Waals surface area contributed by atoms with Crippen molar-refractivity contribution in [2.45, 2.75) is 49.4 Å². The van der Waals surface area contributed by atoms with Gasteiger partial charge in [0, 0.05) is 102 Å². The summed E-state index contributed by atoms with van der Waals surface area (Å²) < 4.78 is 148. The van der Waals surface area contributed by atoms with Gasteiger partial charge in [0.05, 0.1) is 103 Å². The second kappa shape index (κ2) is 48.1. The van der Waals surface area contributed by atoms with Crippen molar-refractivity contribution in [3.63, 3.8) is 0 Å². The molecule has 0 aliphatic carbocycles. The Labute approximate surface area is 715 Å². The Hall–Kier alpha value is -9.60. The number of allylic oxidation sites excluding steroid dienone is 2. The Morgan fingerprint density at radius 3 is 1.44 bits per heavy atom. The molecule has 4 N–H and O–H groups in total. The Morgan fingerprint density at radius 1 is 0.583 bits per heavy atom. The first-order chi connectivity index (χ1) is 53.5. The van der Waals surface area contributed by atoms with Crippen LogP contribution in [0.1, 0.15) is 36.1 Å². The summed E-state index contributed by atoms with van der Waals surface area (Å²) in [7, 11) is -5.24. The van der Waals surface area contributed by atoms with E-state index >= 15 is 0 Å². The molecule has 8 aromatic carbocycles. The van der Waals surface area contributed by atoms with Crippen LogP contribution in [-0.4, -0.2) is 157 Å². The van der Waals surface area contributed by atoms with E-state index in [0.29, 0.717) is 39.3 Å². The maximum absolute atomic E-state index is 13.3. The van der Waals surface area contributed by atoms with Crippen LogP contribution in [0.15, 0.2) is 210 Å². The van der Waals surface area contributed by atoms with Gasteiger partial charge in [-0.05, 0) is 141 Å². The number of urea groups is 1. The zero-order valence-electron chi connectivity index (χ0n) is 63.4. The van der Waals surface area contributed by atoms with Crippen LogP contribution in [0.2, 0.25) is 0 Å². The van der Waals surface area contributed by atoms with Crippen molar-refractivity contribution in [3.05, 3.63) is 237 Å². The molecule has 2 heterocycles. The molecular formula is C72H75BrF2IN8NaO24S6. The number of nitro benzene ring substituents is 3. The molecule has 0 fully saturated rings. The molecule has 2 aliphatic heterocycles. The van der Waals surface area contributed by atoms with Gasteiger partial charge in [0.1, 0.15) is 65.7 Å². The predicted octanol–water partition coefficient (Wildman–Crippen LogP) is 10.5. The fourth-order valence-corrected chi connectivity index (χ4v) is 14.4.